The van der Waals surface area contributed by atoms with Crippen LogP contribution in [0.4, 0.5) is 0 Å². The Labute approximate surface area is 163 Å². The van der Waals surface area contributed by atoms with Crippen LogP contribution in [0.1, 0.15) is 30.7 Å². The van der Waals surface area contributed by atoms with E-state index in [9.17, 15) is 14.7 Å². The average Bonchev–Trinajstić information content (AvgIpc) is 3.32. The van der Waals surface area contributed by atoms with Gasteiger partial charge in [-0.25, -0.2) is 4.98 Å². The van der Waals surface area contributed by atoms with Crippen LogP contribution in [0.15, 0.2) is 55.3 Å². The highest BCUT2D eigenvalue weighted by Gasteiger charge is 2.51. The van der Waals surface area contributed by atoms with Gasteiger partial charge in [-0.15, -0.1) is 0 Å². The first kappa shape index (κ1) is 18.3. The monoisotopic (exact) mass is 381 g/mol. The lowest BCUT2D eigenvalue weighted by molar-refractivity contribution is -0.141. The molecule has 4 rings (SSSR count). The van der Waals surface area contributed by atoms with Gasteiger partial charge in [0.1, 0.15) is 11.9 Å². The summed E-state index contributed by atoms with van der Waals surface area (Å²) in [5.41, 5.74) is 0.733. The Morgan fingerprint density at radius 3 is 2.68 bits per heavy atom. The van der Waals surface area contributed by atoms with Crippen LogP contribution in [-0.2, 0) is 20.9 Å². The molecule has 2 aliphatic heterocycles. The molecule has 1 aromatic carbocycles. The van der Waals surface area contributed by atoms with E-state index in [0.717, 1.165) is 31.4 Å². The van der Waals surface area contributed by atoms with Crippen LogP contribution in [-0.4, -0.2) is 49.9 Å². The van der Waals surface area contributed by atoms with E-state index in [1.165, 1.54) is 0 Å². The maximum absolute atomic E-state index is 12.9. The summed E-state index contributed by atoms with van der Waals surface area (Å²) < 4.78 is 7.78. The van der Waals surface area contributed by atoms with Gasteiger partial charge < -0.3 is 19.3 Å². The third-order valence-electron chi connectivity index (χ3n) is 5.43. The number of carbonyl (C=O) groups excluding carboxylic acids is 2. The Kier molecular flexibility index (Phi) is 5.14. The van der Waals surface area contributed by atoms with Crippen molar-refractivity contribution < 1.29 is 19.4 Å². The highest BCUT2D eigenvalue weighted by Crippen LogP contribution is 2.37. The summed E-state index contributed by atoms with van der Waals surface area (Å²) in [6.45, 7) is 1.20. The number of likely N-dealkylation sites (tertiary alicyclic amines) is 1. The fourth-order valence-electron chi connectivity index (χ4n) is 4.09. The lowest BCUT2D eigenvalue weighted by Crippen LogP contribution is -2.45. The van der Waals surface area contributed by atoms with E-state index >= 15 is 0 Å². The van der Waals surface area contributed by atoms with Gasteiger partial charge in [-0.2, -0.15) is 0 Å². The molecule has 0 bridgehead atoms. The minimum atomic E-state index is -0.585. The standard InChI is InChI=1S/C21H23N3O4/c25-16-7-5-15(6-8-16)18-19(17-4-1-2-13-28-17)24(21(27)20(18)26)11-3-10-23-12-9-22-14-23/h2,5-9,12-14,17-19,25H,1,3-4,10-11H2. The predicted octanol–water partition coefficient (Wildman–Crippen LogP) is 2.24. The maximum Gasteiger partial charge on any atom is 0.291 e. The van der Waals surface area contributed by atoms with E-state index in [1.807, 2.05) is 16.8 Å². The Morgan fingerprint density at radius 2 is 2.00 bits per heavy atom. The number of ketones is 1. The van der Waals surface area contributed by atoms with Gasteiger partial charge in [0.25, 0.3) is 5.91 Å². The summed E-state index contributed by atoms with van der Waals surface area (Å²) in [5, 5.41) is 9.59. The Morgan fingerprint density at radius 1 is 1.18 bits per heavy atom. The van der Waals surface area contributed by atoms with Crippen LogP contribution < -0.4 is 0 Å². The summed E-state index contributed by atoms with van der Waals surface area (Å²) >= 11 is 0. The largest absolute Gasteiger partial charge is 0.508 e. The number of phenols is 1. The predicted molar refractivity (Wildman–Crippen MR) is 101 cm³/mol. The van der Waals surface area contributed by atoms with E-state index in [-0.39, 0.29) is 17.9 Å². The third kappa shape index (κ3) is 3.52. The summed E-state index contributed by atoms with van der Waals surface area (Å²) in [6.07, 6.45) is 11.1. The molecular formula is C21H23N3O4. The number of ether oxygens (including phenoxy) is 1. The summed E-state index contributed by atoms with van der Waals surface area (Å²) in [5.74, 6) is -1.31. The molecule has 2 aromatic rings. The van der Waals surface area contributed by atoms with Crippen molar-refractivity contribution in [2.45, 2.75) is 43.9 Å². The van der Waals surface area contributed by atoms with Gasteiger partial charge in [0.2, 0.25) is 5.78 Å². The number of carbonyl (C=O) groups is 2. The number of benzene rings is 1. The number of hydrogen-bond acceptors (Lipinski definition) is 5. The van der Waals surface area contributed by atoms with Crippen molar-refractivity contribution in [2.75, 3.05) is 6.54 Å². The molecule has 0 spiro atoms. The van der Waals surface area contributed by atoms with E-state index in [4.69, 9.17) is 4.74 Å². The topological polar surface area (TPSA) is 84.7 Å². The summed E-state index contributed by atoms with van der Waals surface area (Å²) in [4.78, 5) is 31.4. The normalized spacial score (nSPS) is 24.6. The molecule has 3 heterocycles. The number of imidazole rings is 1. The second kappa shape index (κ2) is 7.88. The van der Waals surface area contributed by atoms with E-state index < -0.39 is 17.6 Å². The SMILES string of the molecule is O=C1C(=O)N(CCCn2ccnc2)C(C2CCC=CO2)C1c1ccc(O)cc1. The van der Waals surface area contributed by atoms with E-state index in [2.05, 4.69) is 4.98 Å². The number of rotatable bonds is 6. The first-order valence-electron chi connectivity index (χ1n) is 9.55. The molecular weight excluding hydrogens is 358 g/mol. The molecule has 0 saturated carbocycles. The van der Waals surface area contributed by atoms with Crippen molar-refractivity contribution in [3.05, 3.63) is 60.9 Å². The van der Waals surface area contributed by atoms with Gasteiger partial charge in [-0.3, -0.25) is 9.59 Å². The van der Waals surface area contributed by atoms with Crippen LogP contribution in [0.25, 0.3) is 0 Å². The molecule has 1 aromatic heterocycles. The van der Waals surface area contributed by atoms with Crippen molar-refractivity contribution in [1.29, 1.82) is 0 Å². The summed E-state index contributed by atoms with van der Waals surface area (Å²) in [7, 11) is 0. The number of allylic oxidation sites excluding steroid dienone is 1. The fraction of sp³-hybridized carbons (Fsp3) is 0.381. The molecule has 0 aliphatic carbocycles. The lowest BCUT2D eigenvalue weighted by Gasteiger charge is -2.34. The van der Waals surface area contributed by atoms with E-state index in [1.54, 1.807) is 48.0 Å². The molecule has 7 heteroatoms. The Hall–Kier alpha value is -3.09. The fourth-order valence-corrected chi connectivity index (χ4v) is 4.09. The van der Waals surface area contributed by atoms with Gasteiger partial charge in [-0.05, 0) is 43.0 Å². The molecule has 0 radical (unpaired) electrons. The smallest absolute Gasteiger partial charge is 0.291 e. The molecule has 1 saturated heterocycles. The van der Waals surface area contributed by atoms with Gasteiger partial charge in [-0.1, -0.05) is 12.1 Å². The number of aromatic hydroxyl groups is 1. The minimum Gasteiger partial charge on any atom is -0.508 e. The van der Waals surface area contributed by atoms with Gasteiger partial charge in [0.05, 0.1) is 24.5 Å². The number of phenolic OH excluding ortho intramolecular Hbond substituents is 1. The quantitative estimate of drug-likeness (QED) is 0.776. The number of aromatic nitrogens is 2. The van der Waals surface area contributed by atoms with Crippen LogP contribution in [0, 0.1) is 0 Å². The van der Waals surface area contributed by atoms with Crippen molar-refractivity contribution in [2.24, 2.45) is 0 Å². The van der Waals surface area contributed by atoms with Gasteiger partial charge in [0.15, 0.2) is 0 Å². The van der Waals surface area contributed by atoms with Crippen molar-refractivity contribution in [3.63, 3.8) is 0 Å². The zero-order chi connectivity index (χ0) is 19.5. The molecule has 3 unspecified atom stereocenters. The number of Topliss-reactive ketones (excluding diaryl/α,β-unsaturated/α-hetero) is 1. The van der Waals surface area contributed by atoms with E-state index in [0.29, 0.717) is 6.54 Å². The molecule has 28 heavy (non-hydrogen) atoms. The van der Waals surface area contributed by atoms with Crippen molar-refractivity contribution in [1.82, 2.24) is 14.5 Å². The molecule has 3 atom stereocenters. The number of amides is 1. The zero-order valence-electron chi connectivity index (χ0n) is 15.5. The van der Waals surface area contributed by atoms with Crippen LogP contribution in [0.3, 0.4) is 0 Å². The molecule has 1 amide bonds. The molecule has 7 nitrogen and oxygen atoms in total. The van der Waals surface area contributed by atoms with Crippen molar-refractivity contribution >= 4 is 11.7 Å². The molecule has 1 N–H and O–H groups in total. The first-order chi connectivity index (χ1) is 13.6. The first-order valence-corrected chi connectivity index (χ1v) is 9.55. The number of hydrogen-bond donors (Lipinski definition) is 1. The number of aryl methyl sites for hydroxylation is 1. The molecule has 2 aliphatic rings. The second-order valence-electron chi connectivity index (χ2n) is 7.20. The second-order valence-corrected chi connectivity index (χ2v) is 7.20. The highest BCUT2D eigenvalue weighted by molar-refractivity contribution is 6.40. The summed E-state index contributed by atoms with van der Waals surface area (Å²) in [6, 6.07) is 6.18. The minimum absolute atomic E-state index is 0.131. The highest BCUT2D eigenvalue weighted by atomic mass is 16.5. The lowest BCUT2D eigenvalue weighted by atomic mass is 9.86. The maximum atomic E-state index is 12.9. The third-order valence-corrected chi connectivity index (χ3v) is 5.43. The number of nitrogens with zero attached hydrogens (tertiary/aromatic N) is 3. The molecule has 146 valence electrons. The van der Waals surface area contributed by atoms with Crippen LogP contribution >= 0.6 is 0 Å². The van der Waals surface area contributed by atoms with Crippen LogP contribution in [0.5, 0.6) is 5.75 Å². The van der Waals surface area contributed by atoms with Gasteiger partial charge in [0, 0.05) is 25.5 Å². The Balaban J connectivity index is 1.59. The van der Waals surface area contributed by atoms with Crippen LogP contribution in [0.2, 0.25) is 0 Å². The average molecular weight is 381 g/mol. The Bertz CT molecular complexity index is 860. The molecule has 1 fully saturated rings. The zero-order valence-corrected chi connectivity index (χ0v) is 15.5. The van der Waals surface area contributed by atoms with Gasteiger partial charge >= 0.3 is 0 Å². The van der Waals surface area contributed by atoms with Crippen molar-refractivity contribution in [3.8, 4) is 5.75 Å².